The van der Waals surface area contributed by atoms with E-state index in [0.717, 1.165) is 17.3 Å². The van der Waals surface area contributed by atoms with E-state index in [0.29, 0.717) is 6.04 Å². The minimum absolute atomic E-state index is 0.645. The third-order valence-corrected chi connectivity index (χ3v) is 6.86. The molecule has 0 aromatic rings. The van der Waals surface area contributed by atoms with E-state index in [9.17, 15) is 0 Å². The predicted octanol–water partition coefficient (Wildman–Crippen LogP) is 5.47. The van der Waals surface area contributed by atoms with Gasteiger partial charge >= 0.3 is 0 Å². The molecule has 1 heterocycles. The van der Waals surface area contributed by atoms with Crippen LogP contribution in [0.2, 0.25) is 0 Å². The van der Waals surface area contributed by atoms with Gasteiger partial charge in [0.15, 0.2) is 0 Å². The quantitative estimate of drug-likeness (QED) is 0.538. The summed E-state index contributed by atoms with van der Waals surface area (Å²) in [4.78, 5) is 2.77. The minimum atomic E-state index is 0.645. The summed E-state index contributed by atoms with van der Waals surface area (Å²) in [5.41, 5.74) is 0.755. The molecule has 0 amide bonds. The summed E-state index contributed by atoms with van der Waals surface area (Å²) in [6, 6.07) is 0.645. The average Bonchev–Trinajstić information content (AvgIpc) is 2.54. The number of rotatable bonds is 11. The van der Waals surface area contributed by atoms with E-state index in [1.54, 1.807) is 0 Å². The molecule has 0 bridgehead atoms. The Morgan fingerprint density at radius 1 is 1.08 bits per heavy atom. The number of nitrogens with one attached hydrogen (secondary N) is 1. The molecule has 0 radical (unpaired) electrons. The van der Waals surface area contributed by atoms with Crippen molar-refractivity contribution in [2.24, 2.45) is 17.3 Å². The van der Waals surface area contributed by atoms with Gasteiger partial charge in [-0.3, -0.25) is 0 Å². The smallest absolute Gasteiger partial charge is 0.00103 e. The van der Waals surface area contributed by atoms with Crippen molar-refractivity contribution in [1.29, 1.82) is 0 Å². The van der Waals surface area contributed by atoms with Crippen LogP contribution in [0, 0.1) is 17.3 Å². The highest BCUT2D eigenvalue weighted by atomic mass is 15.1. The maximum absolute atomic E-state index is 3.58. The van der Waals surface area contributed by atoms with Gasteiger partial charge in [0.25, 0.3) is 0 Å². The summed E-state index contributed by atoms with van der Waals surface area (Å²) in [5, 5.41) is 3.58. The minimum Gasteiger partial charge on any atom is -0.315 e. The van der Waals surface area contributed by atoms with Crippen molar-refractivity contribution in [3.8, 4) is 0 Å². The molecule has 1 saturated heterocycles. The van der Waals surface area contributed by atoms with Crippen LogP contribution in [-0.4, -0.2) is 37.1 Å². The highest BCUT2D eigenvalue weighted by molar-refractivity contribution is 4.97. The Morgan fingerprint density at radius 3 is 2.38 bits per heavy atom. The van der Waals surface area contributed by atoms with Crippen LogP contribution in [0.5, 0.6) is 0 Å². The number of piperidine rings is 1. The topological polar surface area (TPSA) is 15.3 Å². The Kier molecular flexibility index (Phi) is 8.57. The fraction of sp³-hybridized carbons (Fsp3) is 1.00. The summed E-state index contributed by atoms with van der Waals surface area (Å²) in [6.07, 6.45) is 14.5. The van der Waals surface area contributed by atoms with Crippen LogP contribution in [0.25, 0.3) is 0 Å². The molecule has 2 fully saturated rings. The molecule has 1 spiro atoms. The second-order valence-electron chi connectivity index (χ2n) is 9.22. The van der Waals surface area contributed by atoms with Crippen molar-refractivity contribution in [2.75, 3.05) is 26.2 Å². The van der Waals surface area contributed by atoms with Crippen LogP contribution in [0.15, 0.2) is 0 Å². The Balaban J connectivity index is 1.57. The summed E-state index contributed by atoms with van der Waals surface area (Å²) < 4.78 is 0. The fourth-order valence-corrected chi connectivity index (χ4v) is 5.01. The zero-order chi connectivity index (χ0) is 17.4. The molecule has 1 aliphatic heterocycles. The normalized spacial score (nSPS) is 22.9. The summed E-state index contributed by atoms with van der Waals surface area (Å²) in [7, 11) is 0. The van der Waals surface area contributed by atoms with Gasteiger partial charge in [0.05, 0.1) is 0 Å². The zero-order valence-electron chi connectivity index (χ0n) is 17.1. The van der Waals surface area contributed by atoms with Crippen molar-refractivity contribution in [3.63, 3.8) is 0 Å². The first kappa shape index (κ1) is 20.2. The molecule has 1 N–H and O–H groups in total. The summed E-state index contributed by atoms with van der Waals surface area (Å²) in [6.45, 7) is 14.5. The predicted molar refractivity (Wildman–Crippen MR) is 107 cm³/mol. The first-order chi connectivity index (χ1) is 11.6. The molecule has 1 saturated carbocycles. The highest BCUT2D eigenvalue weighted by Crippen LogP contribution is 2.53. The van der Waals surface area contributed by atoms with Crippen LogP contribution >= 0.6 is 0 Å². The van der Waals surface area contributed by atoms with Crippen molar-refractivity contribution in [1.82, 2.24) is 10.2 Å². The van der Waals surface area contributed by atoms with Crippen LogP contribution in [0.3, 0.4) is 0 Å². The van der Waals surface area contributed by atoms with Gasteiger partial charge in [0.2, 0.25) is 0 Å². The van der Waals surface area contributed by atoms with Gasteiger partial charge in [0.1, 0.15) is 0 Å². The molecule has 1 atom stereocenters. The van der Waals surface area contributed by atoms with Gasteiger partial charge in [-0.2, -0.15) is 0 Å². The van der Waals surface area contributed by atoms with Crippen LogP contribution in [0.1, 0.15) is 91.9 Å². The third kappa shape index (κ3) is 6.33. The monoisotopic (exact) mass is 336 g/mol. The molecule has 0 aromatic carbocycles. The van der Waals surface area contributed by atoms with Crippen LogP contribution in [-0.2, 0) is 0 Å². The molecular formula is C22H44N2. The number of unbranched alkanes of at least 4 members (excludes halogenated alkanes) is 1. The summed E-state index contributed by atoms with van der Waals surface area (Å²) >= 11 is 0. The molecule has 2 nitrogen and oxygen atoms in total. The Morgan fingerprint density at radius 2 is 1.79 bits per heavy atom. The molecule has 2 aliphatic rings. The van der Waals surface area contributed by atoms with Crippen LogP contribution < -0.4 is 5.32 Å². The van der Waals surface area contributed by atoms with Gasteiger partial charge in [-0.25, -0.2) is 0 Å². The molecule has 1 unspecified atom stereocenters. The van der Waals surface area contributed by atoms with Crippen molar-refractivity contribution in [2.45, 2.75) is 97.9 Å². The second kappa shape index (κ2) is 10.2. The fourth-order valence-electron chi connectivity index (χ4n) is 5.01. The Labute approximate surface area is 152 Å². The Hall–Kier alpha value is -0.0800. The second-order valence-corrected chi connectivity index (χ2v) is 9.22. The SMILES string of the molecule is CCCCC(CC)CCN1CCC2(CC1)CC(CCNC(C)C)C2. The molecule has 0 aromatic heterocycles. The maximum Gasteiger partial charge on any atom is 0.00103 e. The van der Waals surface area contributed by atoms with Gasteiger partial charge in [-0.15, -0.1) is 0 Å². The molecule has 2 rings (SSSR count). The number of likely N-dealkylation sites (tertiary alicyclic amines) is 1. The standard InChI is InChI=1S/C22H44N2/c1-5-7-8-20(6-2)10-14-24-15-11-22(12-16-24)17-21(18-22)9-13-23-19(3)4/h19-21,23H,5-18H2,1-4H3. The first-order valence-electron chi connectivity index (χ1n) is 11.0. The van der Waals surface area contributed by atoms with E-state index in [2.05, 4.69) is 37.9 Å². The highest BCUT2D eigenvalue weighted by Gasteiger charge is 2.45. The van der Waals surface area contributed by atoms with E-state index in [-0.39, 0.29) is 0 Å². The average molecular weight is 337 g/mol. The third-order valence-electron chi connectivity index (χ3n) is 6.86. The van der Waals surface area contributed by atoms with E-state index >= 15 is 0 Å². The molecular weight excluding hydrogens is 292 g/mol. The van der Waals surface area contributed by atoms with Crippen molar-refractivity contribution >= 4 is 0 Å². The van der Waals surface area contributed by atoms with Crippen molar-refractivity contribution in [3.05, 3.63) is 0 Å². The molecule has 24 heavy (non-hydrogen) atoms. The lowest BCUT2D eigenvalue weighted by molar-refractivity contribution is -0.0170. The van der Waals surface area contributed by atoms with E-state index < -0.39 is 0 Å². The van der Waals surface area contributed by atoms with Gasteiger partial charge in [-0.1, -0.05) is 53.4 Å². The zero-order valence-corrected chi connectivity index (χ0v) is 17.1. The van der Waals surface area contributed by atoms with E-state index in [1.165, 1.54) is 90.4 Å². The largest absolute Gasteiger partial charge is 0.315 e. The molecule has 2 heteroatoms. The maximum atomic E-state index is 3.58. The number of hydrogen-bond acceptors (Lipinski definition) is 2. The molecule has 1 aliphatic carbocycles. The van der Waals surface area contributed by atoms with E-state index in [4.69, 9.17) is 0 Å². The molecule has 142 valence electrons. The lowest BCUT2D eigenvalue weighted by Crippen LogP contribution is -2.48. The van der Waals surface area contributed by atoms with Gasteiger partial charge in [-0.05, 0) is 82.0 Å². The lowest BCUT2D eigenvalue weighted by atomic mass is 9.57. The number of nitrogens with zero attached hydrogens (tertiary/aromatic N) is 1. The van der Waals surface area contributed by atoms with Crippen molar-refractivity contribution < 1.29 is 0 Å². The lowest BCUT2D eigenvalue weighted by Gasteiger charge is -2.52. The van der Waals surface area contributed by atoms with Crippen LogP contribution in [0.4, 0.5) is 0 Å². The van der Waals surface area contributed by atoms with Gasteiger partial charge in [0, 0.05) is 6.04 Å². The number of hydrogen-bond donors (Lipinski definition) is 1. The van der Waals surface area contributed by atoms with Gasteiger partial charge < -0.3 is 10.2 Å². The van der Waals surface area contributed by atoms with E-state index in [1.807, 2.05) is 0 Å². The first-order valence-corrected chi connectivity index (χ1v) is 11.0. The summed E-state index contributed by atoms with van der Waals surface area (Å²) in [5.74, 6) is 1.99. The Bertz CT molecular complexity index is 323.